The molecule has 0 amide bonds. The Morgan fingerprint density at radius 3 is 2.53 bits per heavy atom. The molecule has 0 fully saturated rings. The highest BCUT2D eigenvalue weighted by Crippen LogP contribution is 2.27. The molecule has 0 bridgehead atoms. The lowest BCUT2D eigenvalue weighted by Gasteiger charge is -1.85. The van der Waals surface area contributed by atoms with Crippen LogP contribution in [0.3, 0.4) is 0 Å². The Balaban J connectivity index is 2.30. The van der Waals surface area contributed by atoms with Gasteiger partial charge in [0.1, 0.15) is 9.48 Å². The number of halogens is 2. The summed E-state index contributed by atoms with van der Waals surface area (Å²) in [5, 5.41) is 0. The molecule has 74 valence electrons. The van der Waals surface area contributed by atoms with Crippen molar-refractivity contribution in [1.29, 1.82) is 0 Å². The van der Waals surface area contributed by atoms with E-state index in [1.54, 1.807) is 0 Å². The van der Waals surface area contributed by atoms with Crippen molar-refractivity contribution in [3.63, 3.8) is 0 Å². The second kappa shape index (κ2) is 4.80. The zero-order valence-corrected chi connectivity index (χ0v) is 10.7. The molecule has 0 saturated carbocycles. The Morgan fingerprint density at radius 1 is 1.20 bits per heavy atom. The van der Waals surface area contributed by atoms with E-state index in [0.717, 1.165) is 9.35 Å². The van der Waals surface area contributed by atoms with Crippen molar-refractivity contribution in [1.82, 2.24) is 4.98 Å². The number of rotatable bonds is 0. The van der Waals surface area contributed by atoms with Crippen LogP contribution in [0.1, 0.15) is 11.3 Å². The second-order valence-corrected chi connectivity index (χ2v) is 5.60. The van der Waals surface area contributed by atoms with Gasteiger partial charge in [0.25, 0.3) is 0 Å². The molecule has 4 heteroatoms. The van der Waals surface area contributed by atoms with Gasteiger partial charge in [-0.05, 0) is 34.0 Å². The first-order valence-electron chi connectivity index (χ1n) is 4.14. The van der Waals surface area contributed by atoms with Gasteiger partial charge in [0.2, 0.25) is 0 Å². The molecule has 2 rings (SSSR count). The van der Waals surface area contributed by atoms with E-state index in [9.17, 15) is 0 Å². The minimum absolute atomic E-state index is 0.499. The van der Waals surface area contributed by atoms with Crippen molar-refractivity contribution in [3.05, 3.63) is 49.8 Å². The van der Waals surface area contributed by atoms with Crippen LogP contribution in [-0.4, -0.2) is 4.98 Å². The molecule has 1 heterocycles. The molecule has 2 aromatic rings. The zero-order chi connectivity index (χ0) is 10.7. The number of nitrogens with zero attached hydrogens (tertiary/aromatic N) is 1. The summed E-state index contributed by atoms with van der Waals surface area (Å²) < 4.78 is 1.37. The number of benzene rings is 1. The highest BCUT2D eigenvalue weighted by atomic mass is 79.9. The first-order valence-corrected chi connectivity index (χ1v) is 6.13. The molecule has 0 aliphatic carbocycles. The largest absolute Gasteiger partial charge is 0.215 e. The monoisotopic (exact) mass is 297 g/mol. The summed E-state index contributed by atoms with van der Waals surface area (Å²) in [6.07, 6.45) is 0. The number of hydrogen-bond acceptors (Lipinski definition) is 2. The zero-order valence-electron chi connectivity index (χ0n) is 7.50. The van der Waals surface area contributed by atoms with Gasteiger partial charge < -0.3 is 0 Å². The van der Waals surface area contributed by atoms with E-state index in [4.69, 9.17) is 11.6 Å². The van der Waals surface area contributed by atoms with Crippen LogP contribution in [0.25, 0.3) is 0 Å². The van der Waals surface area contributed by atoms with E-state index in [0.29, 0.717) is 10.2 Å². The van der Waals surface area contributed by atoms with E-state index >= 15 is 0 Å². The van der Waals surface area contributed by atoms with Crippen molar-refractivity contribution < 1.29 is 0 Å². The first-order chi connectivity index (χ1) is 7.25. The molecule has 1 aromatic carbocycles. The molecule has 0 unspecified atom stereocenters. The second-order valence-electron chi connectivity index (χ2n) is 2.71. The quantitative estimate of drug-likeness (QED) is 0.671. The van der Waals surface area contributed by atoms with E-state index in [1.807, 2.05) is 30.3 Å². The molecule has 1 aromatic heterocycles. The summed E-state index contributed by atoms with van der Waals surface area (Å²) >= 11 is 10.5. The molecule has 0 radical (unpaired) electrons. The van der Waals surface area contributed by atoms with Crippen LogP contribution in [0.15, 0.2) is 34.1 Å². The topological polar surface area (TPSA) is 12.9 Å². The lowest BCUT2D eigenvalue weighted by atomic mass is 10.2. The minimum Gasteiger partial charge on any atom is -0.215 e. The number of hydrogen-bond donors (Lipinski definition) is 0. The van der Waals surface area contributed by atoms with Crippen LogP contribution >= 0.6 is 38.9 Å². The molecular formula is C11H5BrClNS. The fourth-order valence-corrected chi connectivity index (χ4v) is 2.73. The van der Waals surface area contributed by atoms with Crippen LogP contribution in [0.5, 0.6) is 0 Å². The molecule has 0 saturated heterocycles. The van der Waals surface area contributed by atoms with Gasteiger partial charge in [-0.25, -0.2) is 4.98 Å². The standard InChI is InChI=1S/C11H5BrClNS/c12-10-9(14-11(13)15-10)7-6-8-4-2-1-3-5-8/h1-5H. The maximum absolute atomic E-state index is 5.76. The lowest BCUT2D eigenvalue weighted by molar-refractivity contribution is 1.36. The Kier molecular flexibility index (Phi) is 3.42. The molecule has 15 heavy (non-hydrogen) atoms. The first kappa shape index (κ1) is 10.7. The third kappa shape index (κ3) is 2.82. The predicted octanol–water partition coefficient (Wildman–Crippen LogP) is 3.96. The van der Waals surface area contributed by atoms with E-state index in [-0.39, 0.29) is 0 Å². The van der Waals surface area contributed by atoms with E-state index < -0.39 is 0 Å². The van der Waals surface area contributed by atoms with Gasteiger partial charge in [0.15, 0.2) is 4.47 Å². The van der Waals surface area contributed by atoms with Gasteiger partial charge in [-0.1, -0.05) is 47.1 Å². The van der Waals surface area contributed by atoms with Crippen molar-refractivity contribution in [2.24, 2.45) is 0 Å². The van der Waals surface area contributed by atoms with Crippen LogP contribution in [0, 0.1) is 11.8 Å². The van der Waals surface area contributed by atoms with Crippen molar-refractivity contribution in [2.45, 2.75) is 0 Å². The SMILES string of the molecule is Clc1nc(C#Cc2ccccc2)c(Br)s1. The van der Waals surface area contributed by atoms with Crippen LogP contribution in [0.2, 0.25) is 4.47 Å². The molecule has 0 N–H and O–H groups in total. The van der Waals surface area contributed by atoms with E-state index in [2.05, 4.69) is 32.8 Å². The Hall–Kier alpha value is -0.820. The highest BCUT2D eigenvalue weighted by Gasteiger charge is 2.03. The van der Waals surface area contributed by atoms with Gasteiger partial charge >= 0.3 is 0 Å². The molecule has 0 aliphatic heterocycles. The smallest absolute Gasteiger partial charge is 0.185 e. The fourth-order valence-electron chi connectivity index (χ4n) is 1.01. The number of aromatic nitrogens is 1. The molecule has 0 atom stereocenters. The van der Waals surface area contributed by atoms with Gasteiger partial charge in [0, 0.05) is 5.56 Å². The summed E-state index contributed by atoms with van der Waals surface area (Å²) in [6.45, 7) is 0. The summed E-state index contributed by atoms with van der Waals surface area (Å²) in [6, 6.07) is 9.77. The maximum atomic E-state index is 5.76. The average molecular weight is 299 g/mol. The van der Waals surface area contributed by atoms with Crippen molar-refractivity contribution in [2.75, 3.05) is 0 Å². The van der Waals surface area contributed by atoms with Crippen molar-refractivity contribution >= 4 is 38.9 Å². The van der Waals surface area contributed by atoms with Gasteiger partial charge in [-0.15, -0.1) is 0 Å². The molecule has 0 aliphatic rings. The highest BCUT2D eigenvalue weighted by molar-refractivity contribution is 9.11. The average Bonchev–Trinajstić information content (AvgIpc) is 2.56. The summed E-state index contributed by atoms with van der Waals surface area (Å²) in [5.74, 6) is 5.99. The van der Waals surface area contributed by atoms with Crippen LogP contribution in [-0.2, 0) is 0 Å². The predicted molar refractivity (Wildman–Crippen MR) is 67.2 cm³/mol. The minimum atomic E-state index is 0.499. The number of thiazole rings is 1. The fraction of sp³-hybridized carbons (Fsp3) is 0. The summed E-state index contributed by atoms with van der Waals surface area (Å²) in [4.78, 5) is 4.09. The normalized spacial score (nSPS) is 9.47. The maximum Gasteiger partial charge on any atom is 0.185 e. The van der Waals surface area contributed by atoms with Crippen LogP contribution in [0.4, 0.5) is 0 Å². The lowest BCUT2D eigenvalue weighted by Crippen LogP contribution is -1.75. The van der Waals surface area contributed by atoms with Gasteiger partial charge in [-0.3, -0.25) is 0 Å². The molecular weight excluding hydrogens is 294 g/mol. The summed E-state index contributed by atoms with van der Waals surface area (Å²) in [7, 11) is 0. The van der Waals surface area contributed by atoms with Crippen molar-refractivity contribution in [3.8, 4) is 11.8 Å². The third-order valence-electron chi connectivity index (χ3n) is 1.66. The van der Waals surface area contributed by atoms with Gasteiger partial charge in [-0.2, -0.15) is 0 Å². The Labute approximate surface area is 105 Å². The Morgan fingerprint density at radius 2 is 1.93 bits per heavy atom. The molecule has 1 nitrogen and oxygen atoms in total. The van der Waals surface area contributed by atoms with Gasteiger partial charge in [0.05, 0.1) is 0 Å². The third-order valence-corrected chi connectivity index (χ3v) is 3.47. The van der Waals surface area contributed by atoms with E-state index in [1.165, 1.54) is 11.3 Å². The Bertz CT molecular complexity index is 525. The summed E-state index contributed by atoms with van der Waals surface area (Å²) in [5.41, 5.74) is 1.65. The molecule has 0 spiro atoms. The van der Waals surface area contributed by atoms with Crippen LogP contribution < -0.4 is 0 Å².